The van der Waals surface area contributed by atoms with Crippen LogP contribution in [0.5, 0.6) is 0 Å². The Hall–Kier alpha value is -2.60. The zero-order valence-corrected chi connectivity index (χ0v) is 14.5. The molecular weight excluding hydrogens is 318 g/mol. The number of pyridine rings is 1. The van der Waals surface area contributed by atoms with Crippen LogP contribution in [-0.2, 0) is 11.3 Å². The molecule has 1 aliphatic rings. The van der Waals surface area contributed by atoms with Gasteiger partial charge in [0, 0.05) is 19.6 Å². The molecule has 2 heterocycles. The molecule has 1 aliphatic heterocycles. The van der Waals surface area contributed by atoms with Crippen molar-refractivity contribution >= 4 is 17.5 Å². The van der Waals surface area contributed by atoms with E-state index in [0.717, 1.165) is 30.2 Å². The number of morpholine rings is 1. The summed E-state index contributed by atoms with van der Waals surface area (Å²) >= 11 is 0. The van der Waals surface area contributed by atoms with Crippen LogP contribution in [0.2, 0.25) is 0 Å². The molecule has 2 atom stereocenters. The van der Waals surface area contributed by atoms with Crippen LogP contribution < -0.4 is 10.2 Å². The van der Waals surface area contributed by atoms with Gasteiger partial charge < -0.3 is 20.1 Å². The normalized spacial score (nSPS) is 20.3. The fourth-order valence-corrected chi connectivity index (χ4v) is 3.06. The van der Waals surface area contributed by atoms with Crippen molar-refractivity contribution in [3.8, 4) is 0 Å². The highest BCUT2D eigenvalue weighted by atomic mass is 16.5. The Morgan fingerprint density at radius 1 is 1.28 bits per heavy atom. The van der Waals surface area contributed by atoms with Crippen LogP contribution in [0.25, 0.3) is 0 Å². The van der Waals surface area contributed by atoms with Gasteiger partial charge in [0.1, 0.15) is 5.82 Å². The summed E-state index contributed by atoms with van der Waals surface area (Å²) < 4.78 is 5.75. The Morgan fingerprint density at radius 2 is 2.04 bits per heavy atom. The molecule has 0 bridgehead atoms. The molecule has 6 nitrogen and oxygen atoms in total. The van der Waals surface area contributed by atoms with Crippen LogP contribution in [0, 0.1) is 0 Å². The molecule has 0 saturated carbocycles. The molecule has 2 unspecified atom stereocenters. The number of nitrogens with one attached hydrogen (secondary N) is 1. The Labute approximate surface area is 147 Å². The number of carbonyl (C=O) groups is 1. The van der Waals surface area contributed by atoms with Crippen molar-refractivity contribution < 1.29 is 14.6 Å². The predicted molar refractivity (Wildman–Crippen MR) is 97.2 cm³/mol. The highest BCUT2D eigenvalue weighted by Crippen LogP contribution is 2.20. The minimum atomic E-state index is -0.915. The fraction of sp³-hybridized carbons (Fsp3) is 0.368. The van der Waals surface area contributed by atoms with E-state index in [-0.39, 0.29) is 12.2 Å². The standard InChI is InChI=1S/C19H23N3O3/c1-13-11-22(12-14(2)25-13)18-7-6-17(10-21-18)20-9-15-4-3-5-16(8-15)19(23)24/h3-8,10,13-14,20H,9,11-12H2,1-2H3,(H,23,24). The van der Waals surface area contributed by atoms with Crippen molar-refractivity contribution in [3.05, 3.63) is 53.7 Å². The van der Waals surface area contributed by atoms with E-state index in [4.69, 9.17) is 9.84 Å². The summed E-state index contributed by atoms with van der Waals surface area (Å²) in [5.41, 5.74) is 2.11. The molecule has 2 N–H and O–H groups in total. The minimum absolute atomic E-state index is 0.199. The molecule has 1 saturated heterocycles. The number of carboxylic acid groups (broad SMARTS) is 1. The van der Waals surface area contributed by atoms with Crippen molar-refractivity contribution in [2.45, 2.75) is 32.6 Å². The lowest BCUT2D eigenvalue weighted by atomic mass is 10.1. The Balaban J connectivity index is 1.61. The first kappa shape index (κ1) is 17.2. The van der Waals surface area contributed by atoms with Crippen LogP contribution in [0.3, 0.4) is 0 Å². The molecule has 3 rings (SSSR count). The van der Waals surface area contributed by atoms with Gasteiger partial charge in [0.25, 0.3) is 0 Å². The second-order valence-electron chi connectivity index (χ2n) is 6.43. The van der Waals surface area contributed by atoms with Crippen molar-refractivity contribution in [1.82, 2.24) is 4.98 Å². The van der Waals surface area contributed by atoms with E-state index in [1.165, 1.54) is 0 Å². The number of nitrogens with zero attached hydrogens (tertiary/aromatic N) is 2. The van der Waals surface area contributed by atoms with E-state index in [1.54, 1.807) is 24.4 Å². The Kier molecular flexibility index (Phi) is 5.19. The summed E-state index contributed by atoms with van der Waals surface area (Å²) in [5, 5.41) is 12.3. The molecule has 1 fully saturated rings. The van der Waals surface area contributed by atoms with Crippen molar-refractivity contribution in [3.63, 3.8) is 0 Å². The monoisotopic (exact) mass is 341 g/mol. The third kappa shape index (κ3) is 4.48. The van der Waals surface area contributed by atoms with Gasteiger partial charge in [-0.25, -0.2) is 9.78 Å². The first-order valence-electron chi connectivity index (χ1n) is 8.44. The average molecular weight is 341 g/mol. The minimum Gasteiger partial charge on any atom is -0.478 e. The van der Waals surface area contributed by atoms with Crippen molar-refractivity contribution in [2.75, 3.05) is 23.3 Å². The number of ether oxygens (including phenoxy) is 1. The summed E-state index contributed by atoms with van der Waals surface area (Å²) in [6.07, 6.45) is 2.20. The molecule has 6 heteroatoms. The number of carboxylic acids is 1. The van der Waals surface area contributed by atoms with Gasteiger partial charge in [-0.1, -0.05) is 12.1 Å². The maximum absolute atomic E-state index is 11.0. The molecule has 0 aliphatic carbocycles. The van der Waals surface area contributed by atoms with Gasteiger partial charge >= 0.3 is 5.97 Å². The van der Waals surface area contributed by atoms with Crippen LogP contribution in [0.1, 0.15) is 29.8 Å². The number of hydrogen-bond donors (Lipinski definition) is 2. The molecule has 0 amide bonds. The smallest absolute Gasteiger partial charge is 0.335 e. The quantitative estimate of drug-likeness (QED) is 0.871. The van der Waals surface area contributed by atoms with Gasteiger partial charge in [-0.2, -0.15) is 0 Å². The fourth-order valence-electron chi connectivity index (χ4n) is 3.06. The average Bonchev–Trinajstić information content (AvgIpc) is 2.60. The SMILES string of the molecule is CC1CN(c2ccc(NCc3cccc(C(=O)O)c3)cn2)CC(C)O1. The largest absolute Gasteiger partial charge is 0.478 e. The van der Waals surface area contributed by atoms with Gasteiger partial charge in [0.05, 0.1) is 29.7 Å². The van der Waals surface area contributed by atoms with Crippen molar-refractivity contribution in [2.24, 2.45) is 0 Å². The summed E-state index contributed by atoms with van der Waals surface area (Å²) in [4.78, 5) is 17.8. The van der Waals surface area contributed by atoms with Gasteiger partial charge in [0.2, 0.25) is 0 Å². The predicted octanol–water partition coefficient (Wildman–Crippen LogP) is 3.01. The molecule has 25 heavy (non-hydrogen) atoms. The van der Waals surface area contributed by atoms with Crippen LogP contribution in [0.4, 0.5) is 11.5 Å². The van der Waals surface area contributed by atoms with Crippen molar-refractivity contribution in [1.29, 1.82) is 0 Å². The number of aromatic carboxylic acids is 1. The Morgan fingerprint density at radius 3 is 2.68 bits per heavy atom. The first-order chi connectivity index (χ1) is 12.0. The summed E-state index contributed by atoms with van der Waals surface area (Å²) in [6, 6.07) is 10.9. The lowest BCUT2D eigenvalue weighted by Gasteiger charge is -2.36. The number of hydrogen-bond acceptors (Lipinski definition) is 5. The summed E-state index contributed by atoms with van der Waals surface area (Å²) in [7, 11) is 0. The number of rotatable bonds is 5. The number of aromatic nitrogens is 1. The van der Waals surface area contributed by atoms with Gasteiger partial charge in [-0.15, -0.1) is 0 Å². The van der Waals surface area contributed by atoms with Gasteiger partial charge in [-0.3, -0.25) is 0 Å². The highest BCUT2D eigenvalue weighted by Gasteiger charge is 2.22. The molecule has 0 spiro atoms. The second kappa shape index (κ2) is 7.53. The third-order valence-electron chi connectivity index (χ3n) is 4.16. The van der Waals surface area contributed by atoms with E-state index < -0.39 is 5.97 Å². The summed E-state index contributed by atoms with van der Waals surface area (Å²) in [5.74, 6) is 0.0299. The van der Waals surface area contributed by atoms with Gasteiger partial charge in [0.15, 0.2) is 0 Å². The molecule has 2 aromatic rings. The molecule has 132 valence electrons. The van der Waals surface area contributed by atoms with E-state index >= 15 is 0 Å². The first-order valence-corrected chi connectivity index (χ1v) is 8.44. The van der Waals surface area contributed by atoms with E-state index in [0.29, 0.717) is 12.1 Å². The van der Waals surface area contributed by atoms with Crippen LogP contribution in [-0.4, -0.2) is 41.4 Å². The van der Waals surface area contributed by atoms with Gasteiger partial charge in [-0.05, 0) is 43.7 Å². The molecule has 1 aromatic carbocycles. The lowest BCUT2D eigenvalue weighted by Crippen LogP contribution is -2.45. The molecular formula is C19H23N3O3. The number of anilines is 2. The third-order valence-corrected chi connectivity index (χ3v) is 4.16. The topological polar surface area (TPSA) is 74.7 Å². The zero-order chi connectivity index (χ0) is 17.8. The Bertz CT molecular complexity index is 723. The number of benzene rings is 1. The van der Waals surface area contributed by atoms with E-state index in [1.807, 2.05) is 18.2 Å². The summed E-state index contributed by atoms with van der Waals surface area (Å²) in [6.45, 7) is 6.37. The second-order valence-corrected chi connectivity index (χ2v) is 6.43. The highest BCUT2D eigenvalue weighted by molar-refractivity contribution is 5.87. The molecule has 0 radical (unpaired) electrons. The lowest BCUT2D eigenvalue weighted by molar-refractivity contribution is -0.00546. The van der Waals surface area contributed by atoms with Crippen LogP contribution >= 0.6 is 0 Å². The van der Waals surface area contributed by atoms with E-state index in [2.05, 4.69) is 29.0 Å². The molecule has 1 aromatic heterocycles. The maximum atomic E-state index is 11.0. The van der Waals surface area contributed by atoms with Crippen LogP contribution in [0.15, 0.2) is 42.6 Å². The maximum Gasteiger partial charge on any atom is 0.335 e. The van der Waals surface area contributed by atoms with E-state index in [9.17, 15) is 4.79 Å². The zero-order valence-electron chi connectivity index (χ0n) is 14.5.